The zero-order valence-corrected chi connectivity index (χ0v) is 15.0. The van der Waals surface area contributed by atoms with Crippen LogP contribution in [0.1, 0.15) is 18.4 Å². The predicted molar refractivity (Wildman–Crippen MR) is 104 cm³/mol. The molecule has 0 fully saturated rings. The number of nitro groups is 1. The van der Waals surface area contributed by atoms with Crippen molar-refractivity contribution in [2.45, 2.75) is 19.3 Å². The van der Waals surface area contributed by atoms with Gasteiger partial charge in [-0.3, -0.25) is 10.1 Å². The third kappa shape index (κ3) is 3.23. The summed E-state index contributed by atoms with van der Waals surface area (Å²) in [5.74, 6) is 1.77. The van der Waals surface area contributed by atoms with E-state index in [4.69, 9.17) is 9.84 Å². The second-order valence-corrected chi connectivity index (χ2v) is 6.47. The largest absolute Gasteiger partial charge is 0.497 e. The number of methoxy groups -OCH3 is 1. The van der Waals surface area contributed by atoms with E-state index in [1.807, 2.05) is 28.9 Å². The SMILES string of the molecule is COc1ccc(-c2nn(-c3ccc([N+](=O)[O-])cc3)c3c2CCCCN3)cc1. The summed E-state index contributed by atoms with van der Waals surface area (Å²) < 4.78 is 7.10. The first-order valence-corrected chi connectivity index (χ1v) is 8.92. The number of ether oxygens (including phenoxy) is 1. The summed E-state index contributed by atoms with van der Waals surface area (Å²) in [6.07, 6.45) is 3.13. The normalized spacial score (nSPS) is 13.4. The molecule has 138 valence electrons. The molecule has 1 aromatic heterocycles. The fraction of sp³-hybridized carbons (Fsp3) is 0.250. The van der Waals surface area contributed by atoms with Gasteiger partial charge in [0.05, 0.1) is 23.4 Å². The minimum atomic E-state index is -0.394. The zero-order valence-electron chi connectivity index (χ0n) is 15.0. The Morgan fingerprint density at radius 1 is 1.11 bits per heavy atom. The van der Waals surface area contributed by atoms with E-state index in [0.29, 0.717) is 0 Å². The van der Waals surface area contributed by atoms with E-state index in [1.165, 1.54) is 17.7 Å². The monoisotopic (exact) mass is 364 g/mol. The summed E-state index contributed by atoms with van der Waals surface area (Å²) in [6.45, 7) is 0.883. The Morgan fingerprint density at radius 3 is 2.52 bits per heavy atom. The maximum Gasteiger partial charge on any atom is 0.269 e. The van der Waals surface area contributed by atoms with Gasteiger partial charge in [0.25, 0.3) is 5.69 Å². The van der Waals surface area contributed by atoms with Crippen molar-refractivity contribution in [3.63, 3.8) is 0 Å². The Bertz CT molecular complexity index is 962. The van der Waals surface area contributed by atoms with Gasteiger partial charge in [0.2, 0.25) is 0 Å². The van der Waals surface area contributed by atoms with Gasteiger partial charge in [0.1, 0.15) is 11.6 Å². The molecular formula is C20H20N4O3. The fourth-order valence-corrected chi connectivity index (χ4v) is 3.39. The average molecular weight is 364 g/mol. The lowest BCUT2D eigenvalue weighted by atomic mass is 10.0. The van der Waals surface area contributed by atoms with Crippen LogP contribution in [0.5, 0.6) is 5.75 Å². The Hall–Kier alpha value is -3.35. The molecule has 0 amide bonds. The van der Waals surface area contributed by atoms with Crippen LogP contribution in [0.15, 0.2) is 48.5 Å². The van der Waals surface area contributed by atoms with Gasteiger partial charge >= 0.3 is 0 Å². The van der Waals surface area contributed by atoms with E-state index in [0.717, 1.165) is 54.3 Å². The summed E-state index contributed by atoms with van der Waals surface area (Å²) in [6, 6.07) is 14.3. The number of hydrogen-bond acceptors (Lipinski definition) is 5. The molecule has 1 aliphatic heterocycles. The smallest absolute Gasteiger partial charge is 0.269 e. The fourth-order valence-electron chi connectivity index (χ4n) is 3.39. The van der Waals surface area contributed by atoms with Gasteiger partial charge in [-0.05, 0) is 55.7 Å². The number of nitrogens with one attached hydrogen (secondary N) is 1. The predicted octanol–water partition coefficient (Wildman–Crippen LogP) is 4.20. The van der Waals surface area contributed by atoms with Gasteiger partial charge in [-0.1, -0.05) is 0 Å². The van der Waals surface area contributed by atoms with E-state index in [9.17, 15) is 10.1 Å². The van der Waals surface area contributed by atoms with E-state index in [1.54, 1.807) is 19.2 Å². The molecule has 4 rings (SSSR count). The van der Waals surface area contributed by atoms with Crippen molar-refractivity contribution in [1.82, 2.24) is 9.78 Å². The number of non-ortho nitro benzene ring substituents is 1. The molecule has 0 saturated heterocycles. The van der Waals surface area contributed by atoms with Gasteiger partial charge in [0.15, 0.2) is 0 Å². The van der Waals surface area contributed by atoms with Crippen LogP contribution < -0.4 is 10.1 Å². The number of hydrogen-bond donors (Lipinski definition) is 1. The molecule has 0 bridgehead atoms. The summed E-state index contributed by atoms with van der Waals surface area (Å²) in [5.41, 5.74) is 4.00. The molecule has 2 aromatic carbocycles. The Labute approximate surface area is 156 Å². The van der Waals surface area contributed by atoms with Crippen LogP contribution in [0.4, 0.5) is 11.5 Å². The second kappa shape index (κ2) is 7.11. The average Bonchev–Trinajstić information content (AvgIpc) is 2.89. The van der Waals surface area contributed by atoms with Crippen molar-refractivity contribution in [2.75, 3.05) is 19.0 Å². The molecule has 27 heavy (non-hydrogen) atoms. The van der Waals surface area contributed by atoms with Crippen molar-refractivity contribution < 1.29 is 9.66 Å². The number of nitro benzene ring substituents is 1. The Kier molecular flexibility index (Phi) is 4.50. The van der Waals surface area contributed by atoms with Gasteiger partial charge in [-0.15, -0.1) is 0 Å². The first kappa shape index (κ1) is 17.1. The molecule has 0 radical (unpaired) electrons. The lowest BCUT2D eigenvalue weighted by Gasteiger charge is -2.09. The lowest BCUT2D eigenvalue weighted by Crippen LogP contribution is -2.07. The van der Waals surface area contributed by atoms with Crippen molar-refractivity contribution >= 4 is 11.5 Å². The summed E-state index contributed by atoms with van der Waals surface area (Å²) in [5, 5.41) is 19.3. The highest BCUT2D eigenvalue weighted by atomic mass is 16.6. The molecule has 7 heteroatoms. The Balaban J connectivity index is 1.82. The van der Waals surface area contributed by atoms with Crippen LogP contribution >= 0.6 is 0 Å². The lowest BCUT2D eigenvalue weighted by molar-refractivity contribution is -0.384. The molecular weight excluding hydrogens is 344 g/mol. The van der Waals surface area contributed by atoms with Gasteiger partial charge in [-0.25, -0.2) is 4.68 Å². The maximum atomic E-state index is 10.9. The molecule has 3 aromatic rings. The van der Waals surface area contributed by atoms with Crippen LogP contribution in [0.3, 0.4) is 0 Å². The number of anilines is 1. The van der Waals surface area contributed by atoms with Crippen LogP contribution in [0, 0.1) is 10.1 Å². The molecule has 0 atom stereocenters. The number of fused-ring (bicyclic) bond motifs is 1. The van der Waals surface area contributed by atoms with Crippen LogP contribution in [0.2, 0.25) is 0 Å². The van der Waals surface area contributed by atoms with Crippen molar-refractivity contribution in [2.24, 2.45) is 0 Å². The Morgan fingerprint density at radius 2 is 1.85 bits per heavy atom. The highest BCUT2D eigenvalue weighted by molar-refractivity contribution is 5.71. The maximum absolute atomic E-state index is 10.9. The molecule has 7 nitrogen and oxygen atoms in total. The first-order chi connectivity index (χ1) is 13.2. The minimum absolute atomic E-state index is 0.0698. The van der Waals surface area contributed by atoms with E-state index < -0.39 is 4.92 Å². The number of nitrogens with zero attached hydrogens (tertiary/aromatic N) is 3. The molecule has 1 N–H and O–H groups in total. The summed E-state index contributed by atoms with van der Waals surface area (Å²) in [7, 11) is 1.65. The van der Waals surface area contributed by atoms with Crippen LogP contribution in [0.25, 0.3) is 16.9 Å². The summed E-state index contributed by atoms with van der Waals surface area (Å²) >= 11 is 0. The highest BCUT2D eigenvalue weighted by Crippen LogP contribution is 2.34. The van der Waals surface area contributed by atoms with E-state index >= 15 is 0 Å². The van der Waals surface area contributed by atoms with Crippen LogP contribution in [-0.2, 0) is 6.42 Å². The first-order valence-electron chi connectivity index (χ1n) is 8.92. The third-order valence-corrected chi connectivity index (χ3v) is 4.80. The highest BCUT2D eigenvalue weighted by Gasteiger charge is 2.22. The van der Waals surface area contributed by atoms with E-state index in [2.05, 4.69) is 5.32 Å². The molecule has 0 unspecified atom stereocenters. The summed E-state index contributed by atoms with van der Waals surface area (Å²) in [4.78, 5) is 10.5. The van der Waals surface area contributed by atoms with E-state index in [-0.39, 0.29) is 5.69 Å². The van der Waals surface area contributed by atoms with Crippen molar-refractivity contribution in [3.05, 3.63) is 64.2 Å². The van der Waals surface area contributed by atoms with Gasteiger partial charge in [-0.2, -0.15) is 5.10 Å². The number of benzene rings is 2. The van der Waals surface area contributed by atoms with Gasteiger partial charge < -0.3 is 10.1 Å². The molecule has 0 aliphatic carbocycles. The standard InChI is InChI=1S/C20H20N4O3/c1-27-17-11-5-14(6-12-17)19-18-4-2-3-13-21-20(18)23(22-19)15-7-9-16(10-8-15)24(25)26/h5-12,21H,2-4,13H2,1H3. The molecule has 2 heterocycles. The topological polar surface area (TPSA) is 82.2 Å². The quantitative estimate of drug-likeness (QED) is 0.554. The van der Waals surface area contributed by atoms with Crippen molar-refractivity contribution in [1.29, 1.82) is 0 Å². The number of rotatable bonds is 4. The molecule has 1 aliphatic rings. The minimum Gasteiger partial charge on any atom is -0.497 e. The van der Waals surface area contributed by atoms with Crippen LogP contribution in [-0.4, -0.2) is 28.4 Å². The second-order valence-electron chi connectivity index (χ2n) is 6.47. The third-order valence-electron chi connectivity index (χ3n) is 4.80. The van der Waals surface area contributed by atoms with Crippen molar-refractivity contribution in [3.8, 4) is 22.7 Å². The molecule has 0 saturated carbocycles. The van der Waals surface area contributed by atoms with Gasteiger partial charge in [0, 0.05) is 29.8 Å². The zero-order chi connectivity index (χ0) is 18.8. The molecule has 0 spiro atoms. The number of aromatic nitrogens is 2.